The molecule has 6 heteroatoms. The number of allylic oxidation sites excluding steroid dienone is 1. The predicted molar refractivity (Wildman–Crippen MR) is 103 cm³/mol. The minimum atomic E-state index is -0.560. The molecule has 0 unspecified atom stereocenters. The van der Waals surface area contributed by atoms with Gasteiger partial charge in [0.2, 0.25) is 5.78 Å². The van der Waals surface area contributed by atoms with Crippen LogP contribution >= 0.6 is 0 Å². The van der Waals surface area contributed by atoms with Gasteiger partial charge in [-0.15, -0.1) is 0 Å². The molecule has 6 nitrogen and oxygen atoms in total. The van der Waals surface area contributed by atoms with Crippen LogP contribution < -0.4 is 16.6 Å². The van der Waals surface area contributed by atoms with Crippen molar-refractivity contribution >= 4 is 17.7 Å². The van der Waals surface area contributed by atoms with Crippen molar-refractivity contribution in [2.24, 2.45) is 7.05 Å². The molecule has 2 heterocycles. The van der Waals surface area contributed by atoms with Gasteiger partial charge in [-0.2, -0.15) is 0 Å². The van der Waals surface area contributed by atoms with E-state index in [0.717, 1.165) is 33.2 Å². The Morgan fingerprint density at radius 3 is 2.27 bits per heavy atom. The van der Waals surface area contributed by atoms with Gasteiger partial charge in [-0.05, 0) is 50.0 Å². The molecule has 2 aromatic rings. The molecule has 0 amide bonds. The van der Waals surface area contributed by atoms with Gasteiger partial charge in [0.05, 0.1) is 5.70 Å². The molecule has 3 rings (SSSR count). The van der Waals surface area contributed by atoms with E-state index in [1.165, 1.54) is 11.6 Å². The van der Waals surface area contributed by atoms with Gasteiger partial charge in [0.25, 0.3) is 5.56 Å². The summed E-state index contributed by atoms with van der Waals surface area (Å²) in [7, 11) is 1.40. The Hall–Kier alpha value is -2.89. The second kappa shape index (κ2) is 6.44. The van der Waals surface area contributed by atoms with E-state index in [-0.39, 0.29) is 11.3 Å². The van der Waals surface area contributed by atoms with E-state index >= 15 is 0 Å². The van der Waals surface area contributed by atoms with Crippen molar-refractivity contribution in [3.05, 3.63) is 66.5 Å². The first-order valence-corrected chi connectivity index (χ1v) is 8.71. The molecule has 26 heavy (non-hydrogen) atoms. The number of hydrogen-bond donors (Lipinski definition) is 1. The molecule has 1 aliphatic rings. The van der Waals surface area contributed by atoms with Gasteiger partial charge in [0, 0.05) is 13.6 Å². The average molecular weight is 353 g/mol. The van der Waals surface area contributed by atoms with Crippen LogP contribution in [0.15, 0.2) is 27.4 Å². The molecular weight excluding hydrogens is 330 g/mol. The lowest BCUT2D eigenvalue weighted by atomic mass is 9.98. The maximum atomic E-state index is 12.9. The molecule has 0 saturated carbocycles. The largest absolute Gasteiger partial charge is 0.338 e. The Morgan fingerprint density at radius 1 is 1.08 bits per heavy atom. The zero-order valence-electron chi connectivity index (χ0n) is 15.8. The Balaban J connectivity index is 2.20. The number of fused-ring (bicyclic) bond motifs is 1. The summed E-state index contributed by atoms with van der Waals surface area (Å²) in [6, 6.07) is 4.11. The van der Waals surface area contributed by atoms with Gasteiger partial charge in [-0.1, -0.05) is 24.6 Å². The molecule has 0 aliphatic carbocycles. The number of anilines is 1. The minimum Gasteiger partial charge on any atom is -0.338 e. The van der Waals surface area contributed by atoms with E-state index in [2.05, 4.69) is 17.4 Å². The summed E-state index contributed by atoms with van der Waals surface area (Å²) in [5.74, 6) is -0.0663. The van der Waals surface area contributed by atoms with Crippen LogP contribution in [-0.4, -0.2) is 14.9 Å². The number of Topliss-reactive ketones (excluding diaryl/α,β-unsaturated/α-hetero) is 1. The molecule has 136 valence electrons. The van der Waals surface area contributed by atoms with Crippen LogP contribution in [0.25, 0.3) is 6.08 Å². The molecule has 1 aromatic heterocycles. The first-order valence-electron chi connectivity index (χ1n) is 8.71. The third kappa shape index (κ3) is 2.71. The number of benzene rings is 1. The van der Waals surface area contributed by atoms with Crippen molar-refractivity contribution in [1.82, 2.24) is 9.13 Å². The lowest BCUT2D eigenvalue weighted by molar-refractivity contribution is 0.104. The Bertz CT molecular complexity index is 1050. The van der Waals surface area contributed by atoms with Crippen molar-refractivity contribution in [3.8, 4) is 0 Å². The number of hydrogen-bond acceptors (Lipinski definition) is 4. The van der Waals surface area contributed by atoms with E-state index in [0.29, 0.717) is 18.1 Å². The van der Waals surface area contributed by atoms with Gasteiger partial charge in [0.1, 0.15) is 11.4 Å². The number of carbonyl (C=O) groups excluding carboxylic acids is 1. The summed E-state index contributed by atoms with van der Waals surface area (Å²) < 4.78 is 2.46. The monoisotopic (exact) mass is 353 g/mol. The highest BCUT2D eigenvalue weighted by atomic mass is 16.2. The second-order valence-electron chi connectivity index (χ2n) is 6.85. The van der Waals surface area contributed by atoms with Crippen LogP contribution in [0.4, 0.5) is 5.82 Å². The van der Waals surface area contributed by atoms with Crippen LogP contribution in [0.3, 0.4) is 0 Å². The van der Waals surface area contributed by atoms with Gasteiger partial charge in [-0.3, -0.25) is 18.7 Å². The maximum Gasteiger partial charge on any atom is 0.332 e. The predicted octanol–water partition coefficient (Wildman–Crippen LogP) is 2.53. The molecule has 0 bridgehead atoms. The number of carbonyl (C=O) groups is 1. The van der Waals surface area contributed by atoms with Crippen LogP contribution in [0.2, 0.25) is 0 Å². The highest BCUT2D eigenvalue weighted by molar-refractivity contribution is 6.19. The van der Waals surface area contributed by atoms with Crippen molar-refractivity contribution < 1.29 is 4.79 Å². The van der Waals surface area contributed by atoms with Gasteiger partial charge < -0.3 is 5.32 Å². The number of ketones is 1. The van der Waals surface area contributed by atoms with Gasteiger partial charge in [0.15, 0.2) is 0 Å². The standard InChI is InChI=1S/C20H23N3O3/c1-6-7-23-18-16(19(25)22(5)20(23)26)17(24)15(21-18)10-14-12(3)8-11(2)9-13(14)4/h8-10,21H,6-7H2,1-5H3/b15-10-. The van der Waals surface area contributed by atoms with Crippen LogP contribution in [0.1, 0.15) is 46.0 Å². The number of nitrogens with one attached hydrogen (secondary N) is 1. The second-order valence-corrected chi connectivity index (χ2v) is 6.85. The molecule has 1 N–H and O–H groups in total. The van der Waals surface area contributed by atoms with E-state index in [4.69, 9.17) is 0 Å². The molecule has 1 aromatic carbocycles. The SMILES string of the molecule is CCCn1c2c(c(=O)n(C)c1=O)C(=O)/C(=C/c1c(C)cc(C)cc1C)N2. The van der Waals surface area contributed by atoms with Crippen molar-refractivity contribution in [3.63, 3.8) is 0 Å². The first kappa shape index (κ1) is 17.9. The molecule has 1 aliphatic heterocycles. The molecule has 0 fully saturated rings. The van der Waals surface area contributed by atoms with E-state index in [9.17, 15) is 14.4 Å². The minimum absolute atomic E-state index is 0.0363. The molecule has 0 spiro atoms. The Labute approximate surface area is 151 Å². The summed E-state index contributed by atoms with van der Waals surface area (Å²) >= 11 is 0. The van der Waals surface area contributed by atoms with E-state index < -0.39 is 11.2 Å². The highest BCUT2D eigenvalue weighted by Gasteiger charge is 2.32. The number of nitrogens with zero attached hydrogens (tertiary/aromatic N) is 2. The summed E-state index contributed by atoms with van der Waals surface area (Å²) in [6.07, 6.45) is 2.49. The number of rotatable bonds is 3. The average Bonchev–Trinajstić information content (AvgIpc) is 2.89. The fourth-order valence-electron chi connectivity index (χ4n) is 3.52. The fourth-order valence-corrected chi connectivity index (χ4v) is 3.52. The lowest BCUT2D eigenvalue weighted by Gasteiger charge is -2.12. The molecular formula is C20H23N3O3. The maximum absolute atomic E-state index is 12.9. The number of aryl methyl sites for hydroxylation is 3. The van der Waals surface area contributed by atoms with Gasteiger partial charge >= 0.3 is 5.69 Å². The van der Waals surface area contributed by atoms with Crippen LogP contribution in [0.5, 0.6) is 0 Å². The zero-order valence-corrected chi connectivity index (χ0v) is 15.8. The van der Waals surface area contributed by atoms with E-state index in [1.807, 2.05) is 27.7 Å². The third-order valence-electron chi connectivity index (χ3n) is 4.74. The quantitative estimate of drug-likeness (QED) is 0.861. The van der Waals surface area contributed by atoms with Crippen LogP contribution in [0, 0.1) is 20.8 Å². The summed E-state index contributed by atoms with van der Waals surface area (Å²) in [6.45, 7) is 8.39. The molecule has 0 radical (unpaired) electrons. The van der Waals surface area contributed by atoms with Crippen molar-refractivity contribution in [2.45, 2.75) is 40.7 Å². The Kier molecular flexibility index (Phi) is 4.44. The fraction of sp³-hybridized carbons (Fsp3) is 0.350. The molecule has 0 atom stereocenters. The third-order valence-corrected chi connectivity index (χ3v) is 4.74. The molecule has 0 saturated heterocycles. The highest BCUT2D eigenvalue weighted by Crippen LogP contribution is 2.28. The van der Waals surface area contributed by atoms with E-state index in [1.54, 1.807) is 6.08 Å². The topological polar surface area (TPSA) is 73.1 Å². The van der Waals surface area contributed by atoms with Gasteiger partial charge in [-0.25, -0.2) is 4.79 Å². The summed E-state index contributed by atoms with van der Waals surface area (Å²) in [5.41, 5.74) is 3.59. The number of aromatic nitrogens is 2. The summed E-state index contributed by atoms with van der Waals surface area (Å²) in [4.78, 5) is 37.8. The van der Waals surface area contributed by atoms with Crippen molar-refractivity contribution in [1.29, 1.82) is 0 Å². The first-order chi connectivity index (χ1) is 12.3. The summed E-state index contributed by atoms with van der Waals surface area (Å²) in [5, 5.41) is 3.03. The lowest BCUT2D eigenvalue weighted by Crippen LogP contribution is -2.40. The van der Waals surface area contributed by atoms with Crippen molar-refractivity contribution in [2.75, 3.05) is 5.32 Å². The normalized spacial score (nSPS) is 14.7. The van der Waals surface area contributed by atoms with Crippen LogP contribution in [-0.2, 0) is 13.6 Å². The smallest absolute Gasteiger partial charge is 0.332 e. The Morgan fingerprint density at radius 2 is 1.69 bits per heavy atom. The zero-order chi connectivity index (χ0) is 19.2.